The first kappa shape index (κ1) is 76.5. The standard InChI is InChI=1S/3C29H33FN2O4/c3*1-3-35-29(34)32-23-10-11-24-20(14-23)15-26-27(17(2)36-28(26)33)25(24)12-9-22-8-7-19(16-31-22)18-5-4-6-21(30)13-18/h3*4-9,12-13,16-17,20,23-27H,3,10-11,14-15H2,1-2H3,(H,32,34)/b3*12-9+/t17-,20-,23+,24+,25-,26+,27-;17-,20-,23+,24+,25-,26-,27-;17-,20-,23+,24-,25+,26-,27+/m111/s1. The molecule has 3 amide bonds. The Hall–Kier alpha value is -9.66. The van der Waals surface area contributed by atoms with E-state index in [-0.39, 0.29) is 143 Å². The summed E-state index contributed by atoms with van der Waals surface area (Å²) in [6.45, 7) is 12.5. The Morgan fingerprint density at radius 1 is 0.407 bits per heavy atom. The number of ether oxygens (including phenoxy) is 6. The molecule has 3 aromatic heterocycles. The minimum absolute atomic E-state index is 0.0679. The Morgan fingerprint density at radius 3 is 0.944 bits per heavy atom. The number of carbonyl (C=O) groups is 6. The normalized spacial score (nSPS) is 31.4. The van der Waals surface area contributed by atoms with Crippen molar-refractivity contribution in [1.82, 2.24) is 30.9 Å². The molecule has 0 bridgehead atoms. The van der Waals surface area contributed by atoms with Crippen molar-refractivity contribution in [2.75, 3.05) is 19.8 Å². The van der Waals surface area contributed by atoms with Gasteiger partial charge in [-0.2, -0.15) is 0 Å². The van der Waals surface area contributed by atoms with Gasteiger partial charge in [-0.15, -0.1) is 0 Å². The fourth-order valence-corrected chi connectivity index (χ4v) is 19.9. The van der Waals surface area contributed by atoms with Gasteiger partial charge in [-0.05, 0) is 261 Å². The first-order valence-corrected chi connectivity index (χ1v) is 38.9. The van der Waals surface area contributed by atoms with Gasteiger partial charge < -0.3 is 44.4 Å². The molecule has 15 rings (SSSR count). The number of cyclic esters (lactones) is 3. The maximum absolute atomic E-state index is 13.6. The Kier molecular flexibility index (Phi) is 24.6. The number of nitrogens with one attached hydrogen (secondary N) is 3. The zero-order valence-electron chi connectivity index (χ0n) is 62.2. The average molecular weight is 1480 g/mol. The third-order valence-corrected chi connectivity index (χ3v) is 24.5. The molecule has 21 atom stereocenters. The van der Waals surface area contributed by atoms with Crippen molar-refractivity contribution < 1.29 is 70.4 Å². The van der Waals surface area contributed by atoms with Crippen LogP contribution >= 0.6 is 0 Å². The number of amides is 3. The summed E-state index contributed by atoms with van der Waals surface area (Å²) in [5.74, 6) is 1.89. The van der Waals surface area contributed by atoms with Gasteiger partial charge in [0, 0.05) is 71.2 Å². The van der Waals surface area contributed by atoms with E-state index in [4.69, 9.17) is 28.4 Å². The Labute approximate surface area is 630 Å². The van der Waals surface area contributed by atoms with Gasteiger partial charge in [0.1, 0.15) is 35.8 Å². The second kappa shape index (κ2) is 34.7. The zero-order chi connectivity index (χ0) is 75.7. The largest absolute Gasteiger partial charge is 0.462 e. The van der Waals surface area contributed by atoms with Crippen molar-refractivity contribution in [2.24, 2.45) is 88.8 Å². The molecular weight excluding hydrogens is 1380 g/mol. The number of halogens is 3. The quantitative estimate of drug-likeness (QED) is 0.0641. The van der Waals surface area contributed by atoms with Gasteiger partial charge in [0.2, 0.25) is 0 Å². The molecule has 3 aromatic carbocycles. The molecule has 3 N–H and O–H groups in total. The number of esters is 3. The molecule has 3 saturated heterocycles. The summed E-state index contributed by atoms with van der Waals surface area (Å²) in [5.41, 5.74) is 7.43. The third kappa shape index (κ3) is 17.9. The van der Waals surface area contributed by atoms with Gasteiger partial charge in [-0.3, -0.25) is 29.3 Å². The molecule has 9 aliphatic rings. The van der Waals surface area contributed by atoms with E-state index in [9.17, 15) is 41.9 Å². The van der Waals surface area contributed by atoms with Gasteiger partial charge in [0.05, 0.1) is 54.7 Å². The van der Waals surface area contributed by atoms with Crippen molar-refractivity contribution in [3.63, 3.8) is 0 Å². The highest BCUT2D eigenvalue weighted by molar-refractivity contribution is 5.78. The van der Waals surface area contributed by atoms with Gasteiger partial charge in [0.15, 0.2) is 0 Å². The molecular formula is C87H99F3N6O12. The van der Waals surface area contributed by atoms with Crippen molar-refractivity contribution in [2.45, 2.75) is 155 Å². The number of fused-ring (bicyclic) bond motifs is 6. The number of carbonyl (C=O) groups excluding carboxylic acids is 6. The molecule has 6 heterocycles. The second-order valence-corrected chi connectivity index (χ2v) is 30.8. The van der Waals surface area contributed by atoms with Crippen LogP contribution in [0.4, 0.5) is 27.6 Å². The Bertz CT molecular complexity index is 3830. The van der Waals surface area contributed by atoms with E-state index in [1.165, 1.54) is 36.4 Å². The fraction of sp³-hybridized carbons (Fsp3) is 0.483. The van der Waals surface area contributed by atoms with Crippen LogP contribution in [0, 0.1) is 106 Å². The number of nitrogens with zero attached hydrogens (tertiary/aromatic N) is 3. The van der Waals surface area contributed by atoms with Crippen LogP contribution in [0.1, 0.15) is 136 Å². The number of hydrogen-bond acceptors (Lipinski definition) is 15. The number of allylic oxidation sites excluding steroid dienone is 3. The summed E-state index contributed by atoms with van der Waals surface area (Å²) < 4.78 is 73.0. The number of rotatable bonds is 15. The van der Waals surface area contributed by atoms with Crippen LogP contribution in [0.2, 0.25) is 0 Å². The topological polar surface area (TPSA) is 233 Å². The van der Waals surface area contributed by atoms with Gasteiger partial charge in [-0.1, -0.05) is 72.8 Å². The molecule has 21 heteroatoms. The van der Waals surface area contributed by atoms with E-state index >= 15 is 0 Å². The fourth-order valence-electron chi connectivity index (χ4n) is 19.9. The molecule has 18 nitrogen and oxygen atoms in total. The van der Waals surface area contributed by atoms with Crippen molar-refractivity contribution in [3.05, 3.63) is 181 Å². The molecule has 0 radical (unpaired) electrons. The van der Waals surface area contributed by atoms with Crippen LogP contribution in [0.15, 0.2) is 146 Å². The van der Waals surface area contributed by atoms with E-state index in [0.717, 1.165) is 128 Å². The number of alkyl carbamates (subject to hydrolysis) is 3. The number of benzene rings is 3. The smallest absolute Gasteiger partial charge is 0.407 e. The zero-order valence-corrected chi connectivity index (χ0v) is 62.2. The molecule has 6 aromatic rings. The van der Waals surface area contributed by atoms with Crippen molar-refractivity contribution in [3.8, 4) is 33.4 Å². The molecule has 6 aliphatic carbocycles. The van der Waals surface area contributed by atoms with Gasteiger partial charge >= 0.3 is 36.2 Å². The van der Waals surface area contributed by atoms with E-state index in [1.54, 1.807) is 57.6 Å². The average Bonchev–Trinajstić information content (AvgIpc) is 1.54. The highest BCUT2D eigenvalue weighted by Gasteiger charge is 2.58. The summed E-state index contributed by atoms with van der Waals surface area (Å²) in [7, 11) is 0. The monoisotopic (exact) mass is 1480 g/mol. The molecule has 0 unspecified atom stereocenters. The van der Waals surface area contributed by atoms with E-state index < -0.39 is 0 Å². The molecule has 570 valence electrons. The van der Waals surface area contributed by atoms with Gasteiger partial charge in [0.25, 0.3) is 0 Å². The molecule has 3 aliphatic heterocycles. The lowest BCUT2D eigenvalue weighted by molar-refractivity contribution is -0.145. The third-order valence-electron chi connectivity index (χ3n) is 24.5. The van der Waals surface area contributed by atoms with Crippen LogP contribution in [-0.4, -0.2) is 107 Å². The van der Waals surface area contributed by atoms with Crippen molar-refractivity contribution in [1.29, 1.82) is 0 Å². The summed E-state index contributed by atoms with van der Waals surface area (Å²) >= 11 is 0. The van der Waals surface area contributed by atoms with Crippen LogP contribution < -0.4 is 16.0 Å². The first-order valence-electron chi connectivity index (χ1n) is 38.9. The predicted molar refractivity (Wildman–Crippen MR) is 402 cm³/mol. The van der Waals surface area contributed by atoms with Crippen LogP contribution in [-0.2, 0) is 42.8 Å². The van der Waals surface area contributed by atoms with Crippen LogP contribution in [0.25, 0.3) is 51.6 Å². The summed E-state index contributed by atoms with van der Waals surface area (Å²) in [4.78, 5) is 87.7. The first-order chi connectivity index (χ1) is 52.3. The molecule has 108 heavy (non-hydrogen) atoms. The maximum Gasteiger partial charge on any atom is 0.407 e. The highest BCUT2D eigenvalue weighted by atomic mass is 19.1. The second-order valence-electron chi connectivity index (χ2n) is 30.8. The van der Waals surface area contributed by atoms with E-state index in [0.29, 0.717) is 55.3 Å². The minimum atomic E-state index is -0.368. The maximum atomic E-state index is 13.6. The van der Waals surface area contributed by atoms with Crippen molar-refractivity contribution >= 4 is 54.4 Å². The summed E-state index contributed by atoms with van der Waals surface area (Å²) in [6.07, 6.45) is 27.2. The lowest BCUT2D eigenvalue weighted by Gasteiger charge is -2.47. The summed E-state index contributed by atoms with van der Waals surface area (Å²) in [5, 5.41) is 9.00. The SMILES string of the molecule is CCOC(=O)N[C@H]1CC[C@@H]2[C@H](C1)C[C@H]1C(=O)O[C@H](C)[C@H]1[C@H]2/C=C/c1ccc(-c2cccc(F)c2)cn1.CCOC(=O)N[C@H]1CC[C@H]2[C@H](C1)C[C@@H]1C(=O)O[C@H](C)[C@@H]1[C@@H]2/C=C/c1ccc(-c2cccc(F)c2)cn1.CCOC(=O)N[C@H]1CC[C@H]2[C@H](C1)C[C@H]1C(=O)O[C@H](C)[C@@H]1[C@@H]2/C=C/c1ccc(-c2cccc(F)c2)cn1. The van der Waals surface area contributed by atoms with Gasteiger partial charge in [-0.25, -0.2) is 27.6 Å². The summed E-state index contributed by atoms with van der Waals surface area (Å²) in [6, 6.07) is 31.3. The number of aromatic nitrogens is 3. The van der Waals surface area contributed by atoms with E-state index in [1.807, 2.05) is 93.6 Å². The number of pyridine rings is 3. The lowest BCUT2D eigenvalue weighted by atomic mass is 9.57. The minimum Gasteiger partial charge on any atom is -0.462 e. The van der Waals surface area contributed by atoms with E-state index in [2.05, 4.69) is 49.1 Å². The predicted octanol–water partition coefficient (Wildman–Crippen LogP) is 16.9. The van der Waals surface area contributed by atoms with Crippen LogP contribution in [0.5, 0.6) is 0 Å². The van der Waals surface area contributed by atoms with Crippen LogP contribution in [0.3, 0.4) is 0 Å². The lowest BCUT2D eigenvalue weighted by Crippen LogP contribution is -2.48. The molecule has 9 fully saturated rings. The molecule has 6 saturated carbocycles. The highest BCUT2D eigenvalue weighted by Crippen LogP contribution is 2.57. The Balaban J connectivity index is 0.000000143. The Morgan fingerprint density at radius 2 is 0.694 bits per heavy atom. The molecule has 0 spiro atoms. The number of hydrogen-bond donors (Lipinski definition) is 3.